The van der Waals surface area contributed by atoms with Crippen LogP contribution in [0.15, 0.2) is 29.3 Å². The fraction of sp³-hybridized carbons (Fsp3) is 0.682. The number of hydrogen-bond donors (Lipinski definition) is 2. The predicted molar refractivity (Wildman–Crippen MR) is 140 cm³/mol. The Labute approximate surface area is 205 Å². The summed E-state index contributed by atoms with van der Waals surface area (Å²) in [5, 5.41) is 6.88. The lowest BCUT2D eigenvalue weighted by Crippen LogP contribution is -2.49. The summed E-state index contributed by atoms with van der Waals surface area (Å²) in [4.78, 5) is 6.98. The SMILES string of the molecule is CCCOc1cccc(CCN=C(NCC)NC2CCN(CCS(C)(=O)=O)CC2)c1.I. The summed E-state index contributed by atoms with van der Waals surface area (Å²) in [5.41, 5.74) is 1.22. The van der Waals surface area contributed by atoms with E-state index in [0.29, 0.717) is 19.1 Å². The second kappa shape index (κ2) is 14.9. The zero-order valence-corrected chi connectivity index (χ0v) is 22.2. The molecule has 0 spiro atoms. The van der Waals surface area contributed by atoms with E-state index in [1.54, 1.807) is 0 Å². The molecule has 1 aliphatic heterocycles. The fourth-order valence-corrected chi connectivity index (χ4v) is 4.01. The molecule has 9 heteroatoms. The molecule has 0 saturated carbocycles. The first-order valence-corrected chi connectivity index (χ1v) is 13.1. The lowest BCUT2D eigenvalue weighted by molar-refractivity contribution is 0.216. The van der Waals surface area contributed by atoms with Gasteiger partial charge in [0.25, 0.3) is 0 Å². The Balaban J connectivity index is 0.00000480. The minimum Gasteiger partial charge on any atom is -0.494 e. The van der Waals surface area contributed by atoms with Crippen LogP contribution in [0.3, 0.4) is 0 Å². The molecule has 0 unspecified atom stereocenters. The third-order valence-electron chi connectivity index (χ3n) is 5.09. The van der Waals surface area contributed by atoms with Gasteiger partial charge in [-0.3, -0.25) is 4.99 Å². The number of likely N-dealkylation sites (tertiary alicyclic amines) is 1. The number of ether oxygens (including phenoxy) is 1. The number of hydrogen-bond acceptors (Lipinski definition) is 5. The number of benzene rings is 1. The molecule has 1 aliphatic rings. The van der Waals surface area contributed by atoms with Crippen LogP contribution >= 0.6 is 24.0 Å². The quantitative estimate of drug-likeness (QED) is 0.244. The normalized spacial score (nSPS) is 15.9. The molecule has 7 nitrogen and oxygen atoms in total. The van der Waals surface area contributed by atoms with Gasteiger partial charge in [0.1, 0.15) is 15.6 Å². The summed E-state index contributed by atoms with van der Waals surface area (Å²) >= 11 is 0. The lowest BCUT2D eigenvalue weighted by atomic mass is 10.1. The molecule has 0 radical (unpaired) electrons. The van der Waals surface area contributed by atoms with Crippen molar-refractivity contribution in [3.8, 4) is 5.75 Å². The van der Waals surface area contributed by atoms with Crippen LogP contribution in [0.2, 0.25) is 0 Å². The van der Waals surface area contributed by atoms with E-state index in [4.69, 9.17) is 9.73 Å². The van der Waals surface area contributed by atoms with Gasteiger partial charge in [0.2, 0.25) is 0 Å². The number of nitrogens with one attached hydrogen (secondary N) is 2. The average molecular weight is 567 g/mol. The average Bonchev–Trinajstić information content (AvgIpc) is 2.71. The monoisotopic (exact) mass is 566 g/mol. The van der Waals surface area contributed by atoms with Crippen molar-refractivity contribution in [1.29, 1.82) is 0 Å². The molecule has 1 fully saturated rings. The Morgan fingerprint density at radius 3 is 2.65 bits per heavy atom. The van der Waals surface area contributed by atoms with Gasteiger partial charge in [-0.2, -0.15) is 0 Å². The Bertz CT molecular complexity index is 766. The maximum Gasteiger partial charge on any atom is 0.191 e. The zero-order valence-electron chi connectivity index (χ0n) is 19.1. The summed E-state index contributed by atoms with van der Waals surface area (Å²) in [7, 11) is -2.90. The molecule has 1 saturated heterocycles. The summed E-state index contributed by atoms with van der Waals surface area (Å²) in [6.07, 6.45) is 5.15. The van der Waals surface area contributed by atoms with Crippen LogP contribution in [-0.4, -0.2) is 76.7 Å². The number of aliphatic imine (C=N–C) groups is 1. The number of rotatable bonds is 11. The van der Waals surface area contributed by atoms with Crippen LogP contribution in [-0.2, 0) is 16.3 Å². The fourth-order valence-electron chi connectivity index (χ4n) is 3.42. The number of halogens is 1. The zero-order chi connectivity index (χ0) is 21.8. The summed E-state index contributed by atoms with van der Waals surface area (Å²) in [6, 6.07) is 8.60. The summed E-state index contributed by atoms with van der Waals surface area (Å²) in [6.45, 7) is 8.89. The minimum absolute atomic E-state index is 0. The van der Waals surface area contributed by atoms with Gasteiger partial charge in [0.15, 0.2) is 5.96 Å². The maximum absolute atomic E-state index is 11.4. The van der Waals surface area contributed by atoms with Gasteiger partial charge in [-0.05, 0) is 50.3 Å². The highest BCUT2D eigenvalue weighted by Gasteiger charge is 2.20. The number of sulfone groups is 1. The van der Waals surface area contributed by atoms with Crippen molar-refractivity contribution in [3.05, 3.63) is 29.8 Å². The Morgan fingerprint density at radius 2 is 2.00 bits per heavy atom. The molecule has 0 aliphatic carbocycles. The number of nitrogens with zero attached hydrogens (tertiary/aromatic N) is 2. The second-order valence-corrected chi connectivity index (χ2v) is 10.2. The van der Waals surface area contributed by atoms with Crippen LogP contribution in [0.4, 0.5) is 0 Å². The molecule has 1 heterocycles. The van der Waals surface area contributed by atoms with Gasteiger partial charge in [0, 0.05) is 45.0 Å². The van der Waals surface area contributed by atoms with Crippen molar-refractivity contribution in [2.24, 2.45) is 4.99 Å². The molecular weight excluding hydrogens is 527 g/mol. The van der Waals surface area contributed by atoms with E-state index in [2.05, 4.69) is 41.5 Å². The van der Waals surface area contributed by atoms with E-state index >= 15 is 0 Å². The number of guanidine groups is 1. The minimum atomic E-state index is -2.90. The molecule has 2 N–H and O–H groups in total. The molecule has 1 aromatic rings. The second-order valence-electron chi connectivity index (χ2n) is 7.90. The summed E-state index contributed by atoms with van der Waals surface area (Å²) < 4.78 is 28.4. The van der Waals surface area contributed by atoms with Gasteiger partial charge < -0.3 is 20.3 Å². The lowest BCUT2D eigenvalue weighted by Gasteiger charge is -2.32. The molecule has 0 amide bonds. The van der Waals surface area contributed by atoms with Crippen LogP contribution < -0.4 is 15.4 Å². The van der Waals surface area contributed by atoms with Crippen LogP contribution in [0.25, 0.3) is 0 Å². The van der Waals surface area contributed by atoms with Gasteiger partial charge in [0.05, 0.1) is 12.4 Å². The molecule has 0 bridgehead atoms. The van der Waals surface area contributed by atoms with Crippen molar-refractivity contribution in [1.82, 2.24) is 15.5 Å². The van der Waals surface area contributed by atoms with E-state index in [1.807, 2.05) is 12.1 Å². The third kappa shape index (κ3) is 11.9. The van der Waals surface area contributed by atoms with E-state index in [0.717, 1.165) is 63.6 Å². The molecular formula is C22H39IN4O3S. The largest absolute Gasteiger partial charge is 0.494 e. The Kier molecular flexibility index (Phi) is 13.4. The smallest absolute Gasteiger partial charge is 0.191 e. The first-order chi connectivity index (χ1) is 14.4. The molecule has 0 aromatic heterocycles. The van der Waals surface area contributed by atoms with E-state index in [9.17, 15) is 8.42 Å². The van der Waals surface area contributed by atoms with Crippen molar-refractivity contribution >= 4 is 39.8 Å². The number of piperidine rings is 1. The van der Waals surface area contributed by atoms with Gasteiger partial charge in [-0.25, -0.2) is 8.42 Å². The first-order valence-electron chi connectivity index (χ1n) is 11.1. The Morgan fingerprint density at radius 1 is 1.26 bits per heavy atom. The molecule has 0 atom stereocenters. The van der Waals surface area contributed by atoms with Gasteiger partial charge in [-0.15, -0.1) is 24.0 Å². The van der Waals surface area contributed by atoms with E-state index in [-0.39, 0.29) is 29.7 Å². The van der Waals surface area contributed by atoms with Crippen molar-refractivity contribution in [2.75, 3.05) is 51.3 Å². The molecule has 1 aromatic carbocycles. The van der Waals surface area contributed by atoms with Crippen molar-refractivity contribution in [3.63, 3.8) is 0 Å². The van der Waals surface area contributed by atoms with E-state index in [1.165, 1.54) is 11.8 Å². The van der Waals surface area contributed by atoms with Crippen LogP contribution in [0.5, 0.6) is 5.75 Å². The van der Waals surface area contributed by atoms with Crippen molar-refractivity contribution < 1.29 is 13.2 Å². The molecule has 31 heavy (non-hydrogen) atoms. The first kappa shape index (κ1) is 28.0. The van der Waals surface area contributed by atoms with Crippen LogP contribution in [0, 0.1) is 0 Å². The van der Waals surface area contributed by atoms with Gasteiger partial charge in [-0.1, -0.05) is 19.1 Å². The van der Waals surface area contributed by atoms with Crippen LogP contribution in [0.1, 0.15) is 38.7 Å². The predicted octanol–water partition coefficient (Wildman–Crippen LogP) is 2.70. The maximum atomic E-state index is 11.4. The van der Waals surface area contributed by atoms with Crippen molar-refractivity contribution in [2.45, 2.75) is 45.6 Å². The standard InChI is InChI=1S/C22H38N4O3S.HI/c1-4-16-29-21-8-6-7-19(18-21)9-12-24-22(23-5-2)25-20-10-13-26(14-11-20)15-17-30(3,27)28;/h6-8,18,20H,4-5,9-17H2,1-3H3,(H2,23,24,25);1H. The highest BCUT2D eigenvalue weighted by molar-refractivity contribution is 14.0. The highest BCUT2D eigenvalue weighted by atomic mass is 127. The van der Waals surface area contributed by atoms with Gasteiger partial charge >= 0.3 is 0 Å². The molecule has 2 rings (SSSR count). The Hall–Kier alpha value is -1.07. The highest BCUT2D eigenvalue weighted by Crippen LogP contribution is 2.14. The topological polar surface area (TPSA) is 83.0 Å². The third-order valence-corrected chi connectivity index (χ3v) is 6.02. The van der Waals surface area contributed by atoms with E-state index < -0.39 is 9.84 Å². The molecule has 178 valence electrons. The summed E-state index contributed by atoms with van der Waals surface area (Å²) in [5.74, 6) is 2.01.